The molecule has 3 nitrogen and oxygen atoms in total. The molecule has 0 aromatic heterocycles. The summed E-state index contributed by atoms with van der Waals surface area (Å²) in [4.78, 5) is 2.69. The number of aliphatic hydroxyl groups is 1. The van der Waals surface area contributed by atoms with Gasteiger partial charge in [-0.15, -0.1) is 0 Å². The fourth-order valence-electron chi connectivity index (χ4n) is 9.23. The Morgan fingerprint density at radius 1 is 1.16 bits per heavy atom. The summed E-state index contributed by atoms with van der Waals surface area (Å²) in [7, 11) is 0. The summed E-state index contributed by atoms with van der Waals surface area (Å²) in [6, 6.07) is 0. The second-order valence-corrected chi connectivity index (χ2v) is 10.6. The van der Waals surface area contributed by atoms with Gasteiger partial charge in [0.25, 0.3) is 0 Å². The van der Waals surface area contributed by atoms with Crippen LogP contribution < -0.4 is 0 Å². The average molecular weight is 344 g/mol. The Labute approximate surface area is 151 Å². The van der Waals surface area contributed by atoms with Crippen molar-refractivity contribution in [2.24, 2.45) is 34.0 Å². The molecule has 7 rings (SSSR count). The van der Waals surface area contributed by atoms with Gasteiger partial charge in [-0.2, -0.15) is 0 Å². The lowest BCUT2D eigenvalue weighted by Crippen LogP contribution is -2.73. The molecular formula is C22H33NO2. The van der Waals surface area contributed by atoms with Crippen molar-refractivity contribution in [3.05, 3.63) is 12.2 Å². The Morgan fingerprint density at radius 2 is 2.00 bits per heavy atom. The Morgan fingerprint density at radius 3 is 2.88 bits per heavy atom. The lowest BCUT2D eigenvalue weighted by molar-refractivity contribution is -0.290. The minimum atomic E-state index is -0.259. The first-order valence-electron chi connectivity index (χ1n) is 10.7. The van der Waals surface area contributed by atoms with Gasteiger partial charge in [-0.3, -0.25) is 4.90 Å². The molecular weight excluding hydrogens is 310 g/mol. The second-order valence-electron chi connectivity index (χ2n) is 10.6. The van der Waals surface area contributed by atoms with Crippen molar-refractivity contribution >= 4 is 0 Å². The van der Waals surface area contributed by atoms with Gasteiger partial charge in [-0.25, -0.2) is 0 Å². The normalized spacial score (nSPS) is 60.1. The Balaban J connectivity index is 1.53. The maximum Gasteiger partial charge on any atom is 0.117 e. The first-order valence-corrected chi connectivity index (χ1v) is 10.7. The lowest BCUT2D eigenvalue weighted by atomic mass is 9.34. The van der Waals surface area contributed by atoms with Gasteiger partial charge in [0, 0.05) is 23.9 Å². The van der Waals surface area contributed by atoms with Crippen LogP contribution in [0.5, 0.6) is 0 Å². The van der Waals surface area contributed by atoms with Gasteiger partial charge in [-0.1, -0.05) is 19.9 Å². The van der Waals surface area contributed by atoms with E-state index in [4.69, 9.17) is 4.74 Å². The zero-order chi connectivity index (χ0) is 17.0. The van der Waals surface area contributed by atoms with Gasteiger partial charge in [0.05, 0.1) is 12.7 Å². The number of aliphatic hydroxyl groups excluding tert-OH is 1. The maximum atomic E-state index is 11.3. The average Bonchev–Trinajstić information content (AvgIpc) is 3.06. The second kappa shape index (κ2) is 4.72. The number of hydrogen-bond acceptors (Lipinski definition) is 3. The zero-order valence-electron chi connectivity index (χ0n) is 15.7. The predicted octanol–water partition coefficient (Wildman–Crippen LogP) is 3.58. The summed E-state index contributed by atoms with van der Waals surface area (Å²) >= 11 is 0. The van der Waals surface area contributed by atoms with Crippen LogP contribution in [0.4, 0.5) is 0 Å². The van der Waals surface area contributed by atoms with Crippen molar-refractivity contribution in [2.45, 2.75) is 70.6 Å². The topological polar surface area (TPSA) is 32.7 Å². The van der Waals surface area contributed by atoms with E-state index in [0.29, 0.717) is 28.9 Å². The summed E-state index contributed by atoms with van der Waals surface area (Å²) in [5.41, 5.74) is 2.02. The molecule has 3 heteroatoms. The van der Waals surface area contributed by atoms with E-state index in [2.05, 4.69) is 18.4 Å². The fourth-order valence-corrected chi connectivity index (χ4v) is 9.23. The lowest BCUT2D eigenvalue weighted by Gasteiger charge is -2.73. The molecule has 7 aliphatic rings. The Bertz CT molecular complexity index is 634. The van der Waals surface area contributed by atoms with Crippen LogP contribution in [0.25, 0.3) is 0 Å². The third-order valence-corrected chi connectivity index (χ3v) is 10.00. The maximum absolute atomic E-state index is 11.3. The van der Waals surface area contributed by atoms with E-state index < -0.39 is 0 Å². The van der Waals surface area contributed by atoms with E-state index in [9.17, 15) is 5.11 Å². The molecule has 4 unspecified atom stereocenters. The molecule has 5 aliphatic carbocycles. The van der Waals surface area contributed by atoms with E-state index in [1.54, 1.807) is 0 Å². The van der Waals surface area contributed by atoms with Gasteiger partial charge in [0.2, 0.25) is 0 Å². The van der Waals surface area contributed by atoms with Crippen LogP contribution >= 0.6 is 0 Å². The third kappa shape index (κ3) is 1.62. The molecule has 0 radical (unpaired) electrons. The van der Waals surface area contributed by atoms with Crippen molar-refractivity contribution in [3.8, 4) is 0 Å². The molecule has 2 saturated heterocycles. The molecule has 1 spiro atoms. The molecule has 8 atom stereocenters. The summed E-state index contributed by atoms with van der Waals surface area (Å²) in [5, 5.41) is 11.3. The number of fused-ring (bicyclic) bond motifs is 3. The van der Waals surface area contributed by atoms with Gasteiger partial charge >= 0.3 is 0 Å². The van der Waals surface area contributed by atoms with Crippen LogP contribution in [0.1, 0.15) is 58.3 Å². The minimum Gasteiger partial charge on any atom is -0.388 e. The molecule has 2 heterocycles. The fraction of sp³-hybridized carbons (Fsp3) is 0.909. The van der Waals surface area contributed by atoms with Gasteiger partial charge in [0.1, 0.15) is 6.23 Å². The molecule has 0 aromatic carbocycles. The summed E-state index contributed by atoms with van der Waals surface area (Å²) in [6.07, 6.45) is 10.4. The van der Waals surface area contributed by atoms with Crippen LogP contribution in [0, 0.1) is 34.0 Å². The largest absolute Gasteiger partial charge is 0.388 e. The number of piperidine rings is 1. The van der Waals surface area contributed by atoms with Crippen molar-refractivity contribution in [2.75, 3.05) is 19.7 Å². The quantitative estimate of drug-likeness (QED) is 0.683. The Hall–Kier alpha value is -0.380. The van der Waals surface area contributed by atoms with Crippen LogP contribution in [0.3, 0.4) is 0 Å². The number of hydrogen-bond donors (Lipinski definition) is 1. The molecule has 4 bridgehead atoms. The van der Waals surface area contributed by atoms with E-state index >= 15 is 0 Å². The zero-order valence-corrected chi connectivity index (χ0v) is 15.7. The molecule has 7 fully saturated rings. The highest BCUT2D eigenvalue weighted by Gasteiger charge is 2.73. The number of rotatable bonds is 0. The van der Waals surface area contributed by atoms with Gasteiger partial charge in [-0.05, 0) is 73.7 Å². The van der Waals surface area contributed by atoms with Crippen molar-refractivity contribution < 1.29 is 9.84 Å². The smallest absolute Gasteiger partial charge is 0.117 e. The van der Waals surface area contributed by atoms with E-state index in [1.165, 1.54) is 57.9 Å². The SMILES string of the molecule is C=C1C2CC[C@@]3(CCC4[C@@]5(C)CCC[C@@]4(C4OCCN4C5)C3C2)[C@@H]1O. The monoisotopic (exact) mass is 343 g/mol. The highest BCUT2D eigenvalue weighted by molar-refractivity contribution is 5.28. The Kier molecular flexibility index (Phi) is 2.95. The first-order chi connectivity index (χ1) is 12.0. The van der Waals surface area contributed by atoms with Crippen LogP contribution in [-0.2, 0) is 4.74 Å². The number of nitrogens with zero attached hydrogens (tertiary/aromatic N) is 1. The highest BCUT2D eigenvalue weighted by atomic mass is 16.5. The molecule has 25 heavy (non-hydrogen) atoms. The third-order valence-electron chi connectivity index (χ3n) is 10.00. The van der Waals surface area contributed by atoms with Crippen molar-refractivity contribution in [3.63, 3.8) is 0 Å². The number of ether oxygens (including phenoxy) is 1. The van der Waals surface area contributed by atoms with Crippen molar-refractivity contribution in [1.29, 1.82) is 0 Å². The van der Waals surface area contributed by atoms with Gasteiger partial charge < -0.3 is 9.84 Å². The van der Waals surface area contributed by atoms with Crippen molar-refractivity contribution in [1.82, 2.24) is 4.90 Å². The summed E-state index contributed by atoms with van der Waals surface area (Å²) in [6.45, 7) is 10.2. The predicted molar refractivity (Wildman–Crippen MR) is 96.8 cm³/mol. The first kappa shape index (κ1) is 15.7. The highest BCUT2D eigenvalue weighted by Crippen LogP contribution is 2.75. The van der Waals surface area contributed by atoms with E-state index in [1.807, 2.05) is 0 Å². The molecule has 138 valence electrons. The van der Waals surface area contributed by atoms with Gasteiger partial charge in [0.15, 0.2) is 0 Å². The minimum absolute atomic E-state index is 0.107. The van der Waals surface area contributed by atoms with Crippen LogP contribution in [0.15, 0.2) is 12.2 Å². The standard InChI is InChI=1S/C22H33NO2/c1-14-15-4-8-21(18(14)24)9-5-16-20(2)6-3-7-22(16,17(21)12-15)19-23(13-20)10-11-25-19/h15-19,24H,1,3-13H2,2H3/t15?,16?,17?,18-,19?,20+,21+,22+/m1/s1. The van der Waals surface area contributed by atoms with Crippen LogP contribution in [-0.4, -0.2) is 42.0 Å². The molecule has 1 N–H and O–H groups in total. The molecule has 5 saturated carbocycles. The van der Waals surface area contributed by atoms with E-state index in [0.717, 1.165) is 24.6 Å². The summed E-state index contributed by atoms with van der Waals surface area (Å²) < 4.78 is 6.49. The van der Waals surface area contributed by atoms with Crippen LogP contribution in [0.2, 0.25) is 0 Å². The molecule has 2 aliphatic heterocycles. The molecule has 0 aromatic rings. The summed E-state index contributed by atoms with van der Waals surface area (Å²) in [5.74, 6) is 1.99. The van der Waals surface area contributed by atoms with E-state index in [-0.39, 0.29) is 11.5 Å². The molecule has 0 amide bonds.